The van der Waals surface area contributed by atoms with E-state index >= 15 is 0 Å². The number of nitrogens with one attached hydrogen (secondary N) is 1. The molecule has 1 saturated carbocycles. The zero-order valence-electron chi connectivity index (χ0n) is 12.6. The maximum atomic E-state index is 13.3. The van der Waals surface area contributed by atoms with E-state index in [2.05, 4.69) is 4.98 Å². The first kappa shape index (κ1) is 18.0. The largest absolute Gasteiger partial charge is 0.495 e. The second-order valence-corrected chi connectivity index (χ2v) is 7.31. The van der Waals surface area contributed by atoms with E-state index in [1.54, 1.807) is 0 Å². The lowest BCUT2D eigenvalue weighted by Gasteiger charge is -2.32. The summed E-state index contributed by atoms with van der Waals surface area (Å²) in [7, 11) is -3.02. The third-order valence-corrected chi connectivity index (χ3v) is 5.40. The molecule has 0 amide bonds. The smallest absolute Gasteiger partial charge is 0.405 e. The maximum absolute atomic E-state index is 13.3. The van der Waals surface area contributed by atoms with Gasteiger partial charge in [0, 0.05) is 12.3 Å². The normalized spacial score (nSPS) is 18.6. The van der Waals surface area contributed by atoms with Gasteiger partial charge in [-0.3, -0.25) is 4.98 Å². The zero-order chi connectivity index (χ0) is 17.1. The highest BCUT2D eigenvalue weighted by Crippen LogP contribution is 2.35. The predicted octanol–water partition coefficient (Wildman–Crippen LogP) is 2.88. The lowest BCUT2D eigenvalue weighted by molar-refractivity contribution is -0.165. The summed E-state index contributed by atoms with van der Waals surface area (Å²) in [6, 6.07) is -0.942. The van der Waals surface area contributed by atoms with Crippen molar-refractivity contribution in [1.29, 1.82) is 0 Å². The lowest BCUT2D eigenvalue weighted by Crippen LogP contribution is -2.50. The van der Waals surface area contributed by atoms with Crippen molar-refractivity contribution in [3.05, 3.63) is 18.5 Å². The van der Waals surface area contributed by atoms with Crippen LogP contribution in [0.3, 0.4) is 0 Å². The van der Waals surface area contributed by atoms with Crippen molar-refractivity contribution in [3.63, 3.8) is 0 Å². The number of aromatic nitrogens is 1. The lowest BCUT2D eigenvalue weighted by atomic mass is 9.84. The van der Waals surface area contributed by atoms with Crippen molar-refractivity contribution in [3.8, 4) is 5.75 Å². The molecular formula is C14H19F3N2O3S. The fourth-order valence-electron chi connectivity index (χ4n) is 2.79. The van der Waals surface area contributed by atoms with Crippen LogP contribution in [0.2, 0.25) is 0 Å². The van der Waals surface area contributed by atoms with Crippen LogP contribution in [0.4, 0.5) is 13.2 Å². The Balaban J connectivity index is 2.26. The van der Waals surface area contributed by atoms with Gasteiger partial charge in [-0.25, -0.2) is 8.42 Å². The minimum Gasteiger partial charge on any atom is -0.495 e. The molecule has 1 aliphatic carbocycles. The molecule has 1 N–H and O–H groups in total. The highest BCUT2D eigenvalue weighted by atomic mass is 32.2. The number of ether oxygens (including phenoxy) is 1. The van der Waals surface area contributed by atoms with Crippen molar-refractivity contribution in [1.82, 2.24) is 9.71 Å². The first-order valence-corrected chi connectivity index (χ1v) is 8.80. The first-order chi connectivity index (χ1) is 10.7. The van der Waals surface area contributed by atoms with Gasteiger partial charge in [-0.2, -0.15) is 17.9 Å². The average molecular weight is 352 g/mol. The summed E-state index contributed by atoms with van der Waals surface area (Å²) in [6.45, 7) is 0. The minimum atomic E-state index is -4.64. The highest BCUT2D eigenvalue weighted by molar-refractivity contribution is 7.89. The van der Waals surface area contributed by atoms with Crippen molar-refractivity contribution < 1.29 is 26.3 Å². The molecule has 0 bridgehead atoms. The molecule has 1 fully saturated rings. The van der Waals surface area contributed by atoms with E-state index < -0.39 is 28.2 Å². The Morgan fingerprint density at radius 2 is 1.91 bits per heavy atom. The standard InChI is InChI=1S/C14H19F3N2O3S/c1-22-11-7-12(9-18-8-11)23(20,21)19-13(14(15,16)17)10-5-3-2-4-6-10/h7-10,13,19H,2-6H2,1H3. The van der Waals surface area contributed by atoms with Gasteiger partial charge >= 0.3 is 6.18 Å². The molecule has 1 aromatic rings. The van der Waals surface area contributed by atoms with Crippen LogP contribution in [0.5, 0.6) is 5.75 Å². The summed E-state index contributed by atoms with van der Waals surface area (Å²) in [5, 5.41) is 0. The molecule has 1 aliphatic rings. The van der Waals surface area contributed by atoms with Gasteiger partial charge in [0.25, 0.3) is 0 Å². The van der Waals surface area contributed by atoms with Gasteiger partial charge in [-0.05, 0) is 18.8 Å². The summed E-state index contributed by atoms with van der Waals surface area (Å²) in [5.74, 6) is -0.578. The van der Waals surface area contributed by atoms with Gasteiger partial charge in [0.05, 0.1) is 13.3 Å². The number of pyridine rings is 1. The minimum absolute atomic E-state index is 0.161. The Kier molecular flexibility index (Phi) is 5.51. The summed E-state index contributed by atoms with van der Waals surface area (Å²) in [4.78, 5) is 3.33. The van der Waals surface area contributed by atoms with E-state index in [-0.39, 0.29) is 10.6 Å². The van der Waals surface area contributed by atoms with Crippen molar-refractivity contribution >= 4 is 10.0 Å². The second-order valence-electron chi connectivity index (χ2n) is 5.60. The van der Waals surface area contributed by atoms with Crippen LogP contribution in [0.1, 0.15) is 32.1 Å². The van der Waals surface area contributed by atoms with E-state index in [9.17, 15) is 21.6 Å². The van der Waals surface area contributed by atoms with Crippen molar-refractivity contribution in [2.45, 2.75) is 49.2 Å². The summed E-state index contributed by atoms with van der Waals surface area (Å²) >= 11 is 0. The Hall–Kier alpha value is -1.35. The fraction of sp³-hybridized carbons (Fsp3) is 0.643. The molecule has 0 saturated heterocycles. The molecule has 23 heavy (non-hydrogen) atoms. The third-order valence-electron chi connectivity index (χ3n) is 3.99. The molecule has 1 unspecified atom stereocenters. The molecule has 1 atom stereocenters. The second kappa shape index (κ2) is 7.04. The summed E-state index contributed by atoms with van der Waals surface area (Å²) < 4.78 is 71.3. The van der Waals surface area contributed by atoms with Crippen molar-refractivity contribution in [2.24, 2.45) is 5.92 Å². The topological polar surface area (TPSA) is 68.3 Å². The van der Waals surface area contributed by atoms with Gasteiger partial charge in [0.15, 0.2) is 0 Å². The Morgan fingerprint density at radius 1 is 1.26 bits per heavy atom. The van der Waals surface area contributed by atoms with Gasteiger partial charge < -0.3 is 4.74 Å². The number of halogens is 3. The third kappa shape index (κ3) is 4.57. The number of methoxy groups -OCH3 is 1. The molecule has 0 aliphatic heterocycles. The van der Waals surface area contributed by atoms with E-state index in [1.165, 1.54) is 13.3 Å². The molecule has 9 heteroatoms. The molecule has 0 spiro atoms. The number of hydrogen-bond acceptors (Lipinski definition) is 4. The number of hydrogen-bond donors (Lipinski definition) is 1. The fourth-order valence-corrected chi connectivity index (χ4v) is 4.06. The van der Waals surface area contributed by atoms with Crippen molar-refractivity contribution in [2.75, 3.05) is 7.11 Å². The molecule has 130 valence electrons. The van der Waals surface area contributed by atoms with Gasteiger partial charge in [-0.15, -0.1) is 0 Å². The highest BCUT2D eigenvalue weighted by Gasteiger charge is 2.47. The molecule has 2 rings (SSSR count). The van der Waals surface area contributed by atoms with Crippen LogP contribution in [0.15, 0.2) is 23.4 Å². The van der Waals surface area contributed by atoms with Gasteiger partial charge in [-0.1, -0.05) is 19.3 Å². The average Bonchev–Trinajstić information content (AvgIpc) is 2.52. The van der Waals surface area contributed by atoms with Crippen LogP contribution in [0.25, 0.3) is 0 Å². The van der Waals surface area contributed by atoms with Crippen LogP contribution in [-0.4, -0.2) is 32.7 Å². The van der Waals surface area contributed by atoms with Crippen LogP contribution in [0, 0.1) is 5.92 Å². The molecule has 0 aromatic carbocycles. The molecule has 5 nitrogen and oxygen atoms in total. The molecular weight excluding hydrogens is 333 g/mol. The molecule has 0 radical (unpaired) electrons. The number of sulfonamides is 1. The van der Waals surface area contributed by atoms with E-state index in [4.69, 9.17) is 4.74 Å². The Labute approximate surface area is 133 Å². The number of rotatable bonds is 5. The van der Waals surface area contributed by atoms with E-state index in [1.807, 2.05) is 4.72 Å². The van der Waals surface area contributed by atoms with E-state index in [0.717, 1.165) is 18.7 Å². The maximum Gasteiger partial charge on any atom is 0.405 e. The first-order valence-electron chi connectivity index (χ1n) is 7.32. The van der Waals surface area contributed by atoms with Crippen LogP contribution >= 0.6 is 0 Å². The SMILES string of the molecule is COc1cncc(S(=O)(=O)NC(C2CCCCC2)C(F)(F)F)c1. The van der Waals surface area contributed by atoms with E-state index in [0.29, 0.717) is 25.7 Å². The van der Waals surface area contributed by atoms with Gasteiger partial charge in [0.2, 0.25) is 10.0 Å². The molecule has 1 heterocycles. The Bertz CT molecular complexity index is 628. The predicted molar refractivity (Wildman–Crippen MR) is 77.5 cm³/mol. The summed E-state index contributed by atoms with van der Waals surface area (Å²) in [6.07, 6.45) is 0.612. The monoisotopic (exact) mass is 352 g/mol. The Morgan fingerprint density at radius 3 is 2.48 bits per heavy atom. The molecule has 1 aromatic heterocycles. The summed E-state index contributed by atoms with van der Waals surface area (Å²) in [5.41, 5.74) is 0. The number of nitrogens with zero attached hydrogens (tertiary/aromatic N) is 1. The quantitative estimate of drug-likeness (QED) is 0.885. The number of alkyl halides is 3. The van der Waals surface area contributed by atoms with Crippen LogP contribution < -0.4 is 9.46 Å². The van der Waals surface area contributed by atoms with Crippen LogP contribution in [-0.2, 0) is 10.0 Å². The van der Waals surface area contributed by atoms with Gasteiger partial charge in [0.1, 0.15) is 16.7 Å². The zero-order valence-corrected chi connectivity index (χ0v) is 13.5.